The number of hydrogen-bond donors (Lipinski definition) is 1. The van der Waals surface area contributed by atoms with Crippen LogP contribution >= 0.6 is 0 Å². The highest BCUT2D eigenvalue weighted by atomic mass is 19.1. The molecule has 1 aromatic carbocycles. The number of methoxy groups -OCH3 is 1. The van der Waals surface area contributed by atoms with E-state index in [-0.39, 0.29) is 11.9 Å². The molecule has 3 heteroatoms. The van der Waals surface area contributed by atoms with Gasteiger partial charge < -0.3 is 10.1 Å². The van der Waals surface area contributed by atoms with Gasteiger partial charge in [0.25, 0.3) is 0 Å². The summed E-state index contributed by atoms with van der Waals surface area (Å²) in [5.74, 6) is 0.280. The Labute approximate surface area is 96.1 Å². The van der Waals surface area contributed by atoms with E-state index in [1.165, 1.54) is 6.07 Å². The van der Waals surface area contributed by atoms with Crippen molar-refractivity contribution in [2.45, 2.75) is 19.9 Å². The summed E-state index contributed by atoms with van der Waals surface area (Å²) in [6, 6.07) is 4.62. The van der Waals surface area contributed by atoms with Crippen molar-refractivity contribution in [1.82, 2.24) is 5.32 Å². The molecular formula is C13H18FNO. The third-order valence-electron chi connectivity index (χ3n) is 2.42. The lowest BCUT2D eigenvalue weighted by atomic mass is 9.99. The van der Waals surface area contributed by atoms with Gasteiger partial charge in [0.2, 0.25) is 0 Å². The van der Waals surface area contributed by atoms with Crippen molar-refractivity contribution in [1.29, 1.82) is 0 Å². The Morgan fingerprint density at radius 3 is 2.75 bits per heavy atom. The molecule has 0 saturated heterocycles. The fraction of sp³-hybridized carbons (Fsp3) is 0.385. The first-order valence-corrected chi connectivity index (χ1v) is 5.33. The van der Waals surface area contributed by atoms with Gasteiger partial charge in [-0.3, -0.25) is 0 Å². The minimum Gasteiger partial charge on any atom is -0.496 e. The molecule has 0 amide bonds. The smallest absolute Gasteiger partial charge is 0.132 e. The van der Waals surface area contributed by atoms with Crippen molar-refractivity contribution in [3.63, 3.8) is 0 Å². The number of nitrogens with one attached hydrogen (secondary N) is 1. The lowest BCUT2D eigenvalue weighted by Gasteiger charge is -2.21. The second-order valence-electron chi connectivity index (χ2n) is 3.69. The lowest BCUT2D eigenvalue weighted by Crippen LogP contribution is -2.23. The van der Waals surface area contributed by atoms with Crippen molar-refractivity contribution < 1.29 is 9.13 Å². The topological polar surface area (TPSA) is 21.3 Å². The molecule has 0 spiro atoms. The van der Waals surface area contributed by atoms with Crippen molar-refractivity contribution in [3.05, 3.63) is 41.7 Å². The Kier molecular flexibility index (Phi) is 4.50. The van der Waals surface area contributed by atoms with Crippen LogP contribution in [-0.4, -0.2) is 13.7 Å². The van der Waals surface area contributed by atoms with E-state index in [4.69, 9.17) is 4.74 Å². The molecule has 0 aliphatic rings. The monoisotopic (exact) mass is 223 g/mol. The number of hydrogen-bond acceptors (Lipinski definition) is 2. The van der Waals surface area contributed by atoms with Crippen molar-refractivity contribution in [3.8, 4) is 5.75 Å². The van der Waals surface area contributed by atoms with Gasteiger partial charge >= 0.3 is 0 Å². The molecule has 0 aromatic heterocycles. The molecule has 2 nitrogen and oxygen atoms in total. The Bertz CT molecular complexity index is 376. The van der Waals surface area contributed by atoms with E-state index in [0.29, 0.717) is 11.3 Å². The highest BCUT2D eigenvalue weighted by Crippen LogP contribution is 2.31. The number of ether oxygens (including phenoxy) is 1. The molecule has 0 fully saturated rings. The Hall–Kier alpha value is -1.35. The fourth-order valence-corrected chi connectivity index (χ4v) is 1.70. The number of likely N-dealkylation sites (N-methyl/N-ethyl adjacent to an activating group) is 1. The van der Waals surface area contributed by atoms with E-state index >= 15 is 0 Å². The lowest BCUT2D eigenvalue weighted by molar-refractivity contribution is 0.397. The number of halogens is 1. The van der Waals surface area contributed by atoms with Gasteiger partial charge in [0.1, 0.15) is 11.6 Å². The molecule has 0 radical (unpaired) electrons. The van der Waals surface area contributed by atoms with E-state index < -0.39 is 0 Å². The first-order chi connectivity index (χ1) is 7.61. The molecule has 0 bridgehead atoms. The summed E-state index contributed by atoms with van der Waals surface area (Å²) in [6.45, 7) is 8.48. The molecule has 0 aliphatic heterocycles. The molecule has 1 unspecified atom stereocenters. The van der Waals surface area contributed by atoms with E-state index in [9.17, 15) is 4.39 Å². The third-order valence-corrected chi connectivity index (χ3v) is 2.42. The maximum absolute atomic E-state index is 13.8. The predicted molar refractivity (Wildman–Crippen MR) is 64.2 cm³/mol. The van der Waals surface area contributed by atoms with Crippen molar-refractivity contribution in [2.75, 3.05) is 13.7 Å². The first-order valence-electron chi connectivity index (χ1n) is 5.33. The molecule has 16 heavy (non-hydrogen) atoms. The molecule has 0 aliphatic carbocycles. The molecular weight excluding hydrogens is 205 g/mol. The van der Waals surface area contributed by atoms with Gasteiger partial charge in [-0.05, 0) is 25.6 Å². The first kappa shape index (κ1) is 12.7. The van der Waals surface area contributed by atoms with Crippen LogP contribution in [0, 0.1) is 5.82 Å². The summed E-state index contributed by atoms with van der Waals surface area (Å²) >= 11 is 0. The van der Waals surface area contributed by atoms with Gasteiger partial charge in [-0.1, -0.05) is 25.1 Å². The van der Waals surface area contributed by atoms with Gasteiger partial charge in [0.15, 0.2) is 0 Å². The summed E-state index contributed by atoms with van der Waals surface area (Å²) in [7, 11) is 1.54. The Morgan fingerprint density at radius 1 is 1.56 bits per heavy atom. The predicted octanol–water partition coefficient (Wildman–Crippen LogP) is 3.06. The van der Waals surface area contributed by atoms with E-state index in [0.717, 1.165) is 12.1 Å². The maximum Gasteiger partial charge on any atom is 0.132 e. The average molecular weight is 223 g/mol. The molecule has 0 heterocycles. The standard InChI is InChI=1S/C13H18FNO/c1-5-15-13(9(2)3)12-10(14)7-6-8-11(12)16-4/h6-8,13,15H,2,5H2,1,3-4H3. The second-order valence-corrected chi connectivity index (χ2v) is 3.69. The van der Waals surface area contributed by atoms with Gasteiger partial charge in [0, 0.05) is 0 Å². The SMILES string of the molecule is C=C(C)C(NCC)c1c(F)cccc1OC. The van der Waals surface area contributed by atoms with Gasteiger partial charge in [-0.2, -0.15) is 0 Å². The summed E-state index contributed by atoms with van der Waals surface area (Å²) in [5.41, 5.74) is 1.39. The second kappa shape index (κ2) is 5.66. The van der Waals surface area contributed by atoms with Gasteiger partial charge in [0.05, 0.1) is 18.7 Å². The molecule has 1 rings (SSSR count). The Morgan fingerprint density at radius 2 is 2.25 bits per heavy atom. The zero-order valence-electron chi connectivity index (χ0n) is 10.0. The number of rotatable bonds is 5. The van der Waals surface area contributed by atoms with Crippen LogP contribution in [-0.2, 0) is 0 Å². The van der Waals surface area contributed by atoms with Crippen LogP contribution in [0.1, 0.15) is 25.5 Å². The summed E-state index contributed by atoms with van der Waals surface area (Å²) in [4.78, 5) is 0. The van der Waals surface area contributed by atoms with E-state index in [1.54, 1.807) is 19.2 Å². The van der Waals surface area contributed by atoms with Crippen molar-refractivity contribution in [2.24, 2.45) is 0 Å². The van der Waals surface area contributed by atoms with Gasteiger partial charge in [-0.25, -0.2) is 4.39 Å². The highest BCUT2D eigenvalue weighted by Gasteiger charge is 2.19. The Balaban J connectivity index is 3.21. The third kappa shape index (κ3) is 2.61. The summed E-state index contributed by atoms with van der Waals surface area (Å²) in [6.07, 6.45) is 0. The normalized spacial score (nSPS) is 12.2. The van der Waals surface area contributed by atoms with Crippen LogP contribution in [0.25, 0.3) is 0 Å². The van der Waals surface area contributed by atoms with Crippen LogP contribution < -0.4 is 10.1 Å². The summed E-state index contributed by atoms with van der Waals surface area (Å²) in [5, 5.41) is 3.19. The molecule has 0 saturated carbocycles. The van der Waals surface area contributed by atoms with Crippen LogP contribution in [0.5, 0.6) is 5.75 Å². The van der Waals surface area contributed by atoms with Gasteiger partial charge in [-0.15, -0.1) is 0 Å². The van der Waals surface area contributed by atoms with Crippen LogP contribution in [0.4, 0.5) is 4.39 Å². The van der Waals surface area contributed by atoms with Crippen LogP contribution in [0.2, 0.25) is 0 Å². The van der Waals surface area contributed by atoms with Crippen LogP contribution in [0.15, 0.2) is 30.4 Å². The molecule has 1 atom stereocenters. The van der Waals surface area contributed by atoms with E-state index in [1.807, 2.05) is 13.8 Å². The fourth-order valence-electron chi connectivity index (χ4n) is 1.70. The minimum absolute atomic E-state index is 0.207. The van der Waals surface area contributed by atoms with Crippen molar-refractivity contribution >= 4 is 0 Å². The van der Waals surface area contributed by atoms with Crippen LogP contribution in [0.3, 0.4) is 0 Å². The molecule has 88 valence electrons. The van der Waals surface area contributed by atoms with E-state index in [2.05, 4.69) is 11.9 Å². The minimum atomic E-state index is -0.270. The number of benzene rings is 1. The average Bonchev–Trinajstić information content (AvgIpc) is 2.26. The maximum atomic E-state index is 13.8. The zero-order valence-corrected chi connectivity index (χ0v) is 10.0. The zero-order chi connectivity index (χ0) is 12.1. The molecule has 1 N–H and O–H groups in total. The largest absolute Gasteiger partial charge is 0.496 e. The quantitative estimate of drug-likeness (QED) is 0.775. The molecule has 1 aromatic rings. The highest BCUT2D eigenvalue weighted by molar-refractivity contribution is 5.40. The summed E-state index contributed by atoms with van der Waals surface area (Å²) < 4.78 is 19.0.